The average molecular weight is 240 g/mol. The molecule has 0 aromatic heterocycles. The molecule has 4 fully saturated rings. The molecule has 0 radical (unpaired) electrons. The van der Waals surface area contributed by atoms with E-state index in [0.717, 1.165) is 23.7 Å². The quantitative estimate of drug-likeness (QED) is 0.627. The van der Waals surface area contributed by atoms with Crippen molar-refractivity contribution in [1.82, 2.24) is 0 Å². The largest absolute Gasteiger partial charge is 0.143 e. The monoisotopic (exact) mass is 240 g/mol. The van der Waals surface area contributed by atoms with Gasteiger partial charge in [-0.25, -0.2) is 0 Å². The molecule has 0 aromatic rings. The third-order valence-corrected chi connectivity index (χ3v) is 9.15. The van der Waals surface area contributed by atoms with Crippen LogP contribution in [0.1, 0.15) is 38.5 Å². The molecule has 2 heteroatoms. The molecule has 1 heterocycles. The van der Waals surface area contributed by atoms with Gasteiger partial charge in [0, 0.05) is 11.5 Å². The van der Waals surface area contributed by atoms with Crippen molar-refractivity contribution in [3.63, 3.8) is 0 Å². The van der Waals surface area contributed by atoms with Crippen LogP contribution in [0.4, 0.5) is 0 Å². The van der Waals surface area contributed by atoms with Gasteiger partial charge in [-0.1, -0.05) is 12.8 Å². The first kappa shape index (κ1) is 9.70. The van der Waals surface area contributed by atoms with E-state index < -0.39 is 0 Å². The molecule has 0 aromatic carbocycles. The zero-order valence-electron chi connectivity index (χ0n) is 9.28. The van der Waals surface area contributed by atoms with E-state index in [1.807, 2.05) is 0 Å². The average Bonchev–Trinajstić information content (AvgIpc) is 2.93. The van der Waals surface area contributed by atoms with Gasteiger partial charge in [0.05, 0.1) is 4.08 Å². The normalized spacial score (nSPS) is 51.2. The molecule has 1 saturated heterocycles. The fourth-order valence-corrected chi connectivity index (χ4v) is 8.89. The van der Waals surface area contributed by atoms with E-state index in [1.165, 1.54) is 11.5 Å². The molecule has 0 N–H and O–H groups in total. The lowest BCUT2D eigenvalue weighted by molar-refractivity contribution is 0.329. The lowest BCUT2D eigenvalue weighted by atomic mass is 9.89. The van der Waals surface area contributed by atoms with Crippen LogP contribution in [0.25, 0.3) is 0 Å². The van der Waals surface area contributed by atoms with Gasteiger partial charge in [0.2, 0.25) is 0 Å². The molecule has 3 saturated carbocycles. The van der Waals surface area contributed by atoms with Crippen LogP contribution in [0.5, 0.6) is 0 Å². The highest BCUT2D eigenvalue weighted by Crippen LogP contribution is 2.68. The van der Waals surface area contributed by atoms with Gasteiger partial charge in [0.1, 0.15) is 0 Å². The maximum atomic E-state index is 2.34. The van der Waals surface area contributed by atoms with Crippen molar-refractivity contribution < 1.29 is 0 Å². The SMILES string of the molecule is C1C[C@H]2C[C@@H]3CCC4(SCCS4)[C@@H]3[C@H]2C1. The Bertz CT molecular complexity index is 270. The van der Waals surface area contributed by atoms with Gasteiger partial charge in [-0.05, 0) is 49.4 Å². The van der Waals surface area contributed by atoms with Crippen LogP contribution in [0.3, 0.4) is 0 Å². The van der Waals surface area contributed by atoms with Gasteiger partial charge in [-0.2, -0.15) is 0 Å². The van der Waals surface area contributed by atoms with Crippen molar-refractivity contribution in [3.05, 3.63) is 0 Å². The van der Waals surface area contributed by atoms with Gasteiger partial charge < -0.3 is 0 Å². The fourth-order valence-electron chi connectivity index (χ4n) is 5.06. The minimum atomic E-state index is 0.717. The molecule has 84 valence electrons. The van der Waals surface area contributed by atoms with Crippen LogP contribution in [0, 0.1) is 23.7 Å². The maximum Gasteiger partial charge on any atom is 0.0645 e. The Hall–Kier alpha value is 0.700. The molecule has 1 spiro atoms. The molecule has 0 amide bonds. The van der Waals surface area contributed by atoms with Crippen LogP contribution in [-0.2, 0) is 0 Å². The van der Waals surface area contributed by atoms with E-state index in [9.17, 15) is 0 Å². The Morgan fingerprint density at radius 1 is 0.933 bits per heavy atom. The number of rotatable bonds is 0. The summed E-state index contributed by atoms with van der Waals surface area (Å²) in [6.45, 7) is 0. The smallest absolute Gasteiger partial charge is 0.0645 e. The standard InChI is InChI=1S/C13H20S2/c1-2-9-8-10-4-5-13(14-6-7-15-13)12(10)11(9)3-1/h9-12H,1-8H2/t9-,10-,11-,12-/m0/s1. The van der Waals surface area contributed by atoms with E-state index >= 15 is 0 Å². The minimum absolute atomic E-state index is 0.717. The second-order valence-electron chi connectivity index (χ2n) is 5.92. The molecule has 0 nitrogen and oxygen atoms in total. The summed E-state index contributed by atoms with van der Waals surface area (Å²) >= 11 is 4.68. The zero-order chi connectivity index (χ0) is 9.88. The summed E-state index contributed by atoms with van der Waals surface area (Å²) in [6, 6.07) is 0. The van der Waals surface area contributed by atoms with Crippen molar-refractivity contribution in [2.75, 3.05) is 11.5 Å². The topological polar surface area (TPSA) is 0 Å². The van der Waals surface area contributed by atoms with Gasteiger partial charge in [0.15, 0.2) is 0 Å². The summed E-state index contributed by atoms with van der Waals surface area (Å²) in [4.78, 5) is 0. The van der Waals surface area contributed by atoms with Crippen LogP contribution >= 0.6 is 23.5 Å². The molecule has 4 rings (SSSR count). The van der Waals surface area contributed by atoms with E-state index in [2.05, 4.69) is 23.5 Å². The van der Waals surface area contributed by atoms with Crippen molar-refractivity contribution in [1.29, 1.82) is 0 Å². The summed E-state index contributed by atoms with van der Waals surface area (Å²) in [6.07, 6.45) is 9.42. The number of fused-ring (bicyclic) bond motifs is 4. The van der Waals surface area contributed by atoms with E-state index in [-0.39, 0.29) is 0 Å². The summed E-state index contributed by atoms with van der Waals surface area (Å²) < 4.78 is 0.717. The first-order valence-corrected chi connectivity index (χ1v) is 8.64. The number of thioether (sulfide) groups is 2. The van der Waals surface area contributed by atoms with Crippen molar-refractivity contribution >= 4 is 23.5 Å². The Morgan fingerprint density at radius 3 is 2.67 bits per heavy atom. The number of hydrogen-bond acceptors (Lipinski definition) is 2. The Balaban J connectivity index is 1.68. The van der Waals surface area contributed by atoms with Gasteiger partial charge in [-0.15, -0.1) is 23.5 Å². The maximum absolute atomic E-state index is 2.34. The third-order valence-electron chi connectivity index (χ3n) is 5.44. The fraction of sp³-hybridized carbons (Fsp3) is 1.00. The molecule has 4 atom stereocenters. The summed E-state index contributed by atoms with van der Waals surface area (Å²) in [7, 11) is 0. The third kappa shape index (κ3) is 1.24. The van der Waals surface area contributed by atoms with Gasteiger partial charge >= 0.3 is 0 Å². The lowest BCUT2D eigenvalue weighted by Gasteiger charge is -2.33. The van der Waals surface area contributed by atoms with Crippen LogP contribution in [0.2, 0.25) is 0 Å². The van der Waals surface area contributed by atoms with Crippen LogP contribution < -0.4 is 0 Å². The molecule has 15 heavy (non-hydrogen) atoms. The molecule has 0 bridgehead atoms. The van der Waals surface area contributed by atoms with Gasteiger partial charge in [-0.3, -0.25) is 0 Å². The Labute approximate surface area is 101 Å². The van der Waals surface area contributed by atoms with Crippen molar-refractivity contribution in [3.8, 4) is 0 Å². The highest BCUT2D eigenvalue weighted by molar-refractivity contribution is 8.21. The molecular weight excluding hydrogens is 220 g/mol. The molecule has 0 unspecified atom stereocenters. The Kier molecular flexibility index (Phi) is 2.17. The summed E-state index contributed by atoms with van der Waals surface area (Å²) in [5, 5.41) is 0. The van der Waals surface area contributed by atoms with Crippen LogP contribution in [-0.4, -0.2) is 15.6 Å². The Morgan fingerprint density at radius 2 is 1.80 bits per heavy atom. The van der Waals surface area contributed by atoms with Crippen molar-refractivity contribution in [2.24, 2.45) is 23.7 Å². The number of hydrogen-bond donors (Lipinski definition) is 0. The van der Waals surface area contributed by atoms with E-state index in [0.29, 0.717) is 4.08 Å². The van der Waals surface area contributed by atoms with E-state index in [1.54, 1.807) is 38.5 Å². The second-order valence-corrected chi connectivity index (χ2v) is 9.03. The van der Waals surface area contributed by atoms with Crippen molar-refractivity contribution in [2.45, 2.75) is 42.6 Å². The predicted octanol–water partition coefficient (Wildman–Crippen LogP) is 4.01. The lowest BCUT2D eigenvalue weighted by Crippen LogP contribution is -2.29. The highest BCUT2D eigenvalue weighted by Gasteiger charge is 2.59. The molecular formula is C13H20S2. The highest BCUT2D eigenvalue weighted by atomic mass is 32.2. The zero-order valence-corrected chi connectivity index (χ0v) is 10.9. The van der Waals surface area contributed by atoms with Crippen LogP contribution in [0.15, 0.2) is 0 Å². The predicted molar refractivity (Wildman–Crippen MR) is 69.3 cm³/mol. The summed E-state index contributed by atoms with van der Waals surface area (Å²) in [5.74, 6) is 7.44. The molecule has 1 aliphatic heterocycles. The van der Waals surface area contributed by atoms with Gasteiger partial charge in [0.25, 0.3) is 0 Å². The first-order valence-electron chi connectivity index (χ1n) is 6.67. The molecule has 4 aliphatic rings. The summed E-state index contributed by atoms with van der Waals surface area (Å²) in [5.41, 5.74) is 0. The molecule has 3 aliphatic carbocycles. The van der Waals surface area contributed by atoms with E-state index in [4.69, 9.17) is 0 Å². The second kappa shape index (κ2) is 3.35. The first-order chi connectivity index (χ1) is 7.39. The minimum Gasteiger partial charge on any atom is -0.143 e.